The van der Waals surface area contributed by atoms with E-state index >= 15 is 0 Å². The average Bonchev–Trinajstić information content (AvgIpc) is 2.34. The molecule has 0 spiro atoms. The zero-order valence-electron chi connectivity index (χ0n) is 11.4. The van der Waals surface area contributed by atoms with Crippen LogP contribution in [0.5, 0.6) is 11.5 Å². The number of nitrogens with one attached hydrogen (secondary N) is 1. The summed E-state index contributed by atoms with van der Waals surface area (Å²) in [5.74, 6) is 0.172. The number of benzene rings is 2. The quantitative estimate of drug-likeness (QED) is 0.782. The van der Waals surface area contributed by atoms with Gasteiger partial charge in [-0.25, -0.2) is 0 Å². The summed E-state index contributed by atoms with van der Waals surface area (Å²) in [6, 6.07) is 10.7. The number of hydrogen-bond donors (Lipinski definition) is 3. The van der Waals surface area contributed by atoms with Crippen LogP contribution in [0.4, 0.5) is 5.69 Å². The van der Waals surface area contributed by atoms with E-state index in [0.29, 0.717) is 0 Å². The van der Waals surface area contributed by atoms with E-state index < -0.39 is 0 Å². The van der Waals surface area contributed by atoms with Gasteiger partial charge in [-0.3, -0.25) is 0 Å². The predicted molar refractivity (Wildman–Crippen MR) is 77.7 cm³/mol. The Kier molecular flexibility index (Phi) is 3.65. The predicted octanol–water partition coefficient (Wildman–Crippen LogP) is 3.89. The van der Waals surface area contributed by atoms with E-state index in [4.69, 9.17) is 0 Å². The lowest BCUT2D eigenvalue weighted by atomic mass is 10.0. The number of aryl methyl sites for hydroxylation is 1. The maximum absolute atomic E-state index is 9.86. The Balaban J connectivity index is 2.25. The molecule has 0 heterocycles. The third-order valence-electron chi connectivity index (χ3n) is 3.46. The fourth-order valence-corrected chi connectivity index (χ4v) is 2.12. The van der Waals surface area contributed by atoms with Crippen molar-refractivity contribution in [2.75, 3.05) is 5.32 Å². The zero-order valence-corrected chi connectivity index (χ0v) is 11.4. The number of hydrogen-bond acceptors (Lipinski definition) is 3. The fraction of sp³-hybridized carbons (Fsp3) is 0.250. The Morgan fingerprint density at radius 1 is 1.05 bits per heavy atom. The Morgan fingerprint density at radius 2 is 1.79 bits per heavy atom. The molecule has 0 aliphatic heterocycles. The smallest absolute Gasteiger partial charge is 0.124 e. The first-order valence-electron chi connectivity index (χ1n) is 6.33. The third kappa shape index (κ3) is 2.81. The molecule has 0 radical (unpaired) electrons. The van der Waals surface area contributed by atoms with Gasteiger partial charge >= 0.3 is 0 Å². The van der Waals surface area contributed by atoms with Crippen molar-refractivity contribution in [3.8, 4) is 11.5 Å². The van der Waals surface area contributed by atoms with Crippen LogP contribution in [0.2, 0.25) is 0 Å². The second kappa shape index (κ2) is 5.22. The number of phenolic OH excluding ortho intramolecular Hbond substituents is 2. The summed E-state index contributed by atoms with van der Waals surface area (Å²) in [6.07, 6.45) is 0. The zero-order chi connectivity index (χ0) is 14.0. The molecule has 3 N–H and O–H groups in total. The third-order valence-corrected chi connectivity index (χ3v) is 3.46. The summed E-state index contributed by atoms with van der Waals surface area (Å²) in [7, 11) is 0. The van der Waals surface area contributed by atoms with Crippen molar-refractivity contribution < 1.29 is 10.2 Å². The van der Waals surface area contributed by atoms with Gasteiger partial charge in [0.2, 0.25) is 0 Å². The molecule has 3 nitrogen and oxygen atoms in total. The van der Waals surface area contributed by atoms with Crippen LogP contribution in [0, 0.1) is 13.8 Å². The number of phenols is 2. The molecular weight excluding hydrogens is 238 g/mol. The van der Waals surface area contributed by atoms with Crippen LogP contribution in [-0.2, 0) is 0 Å². The fourth-order valence-electron chi connectivity index (χ4n) is 2.12. The molecule has 0 aliphatic rings. The normalized spacial score (nSPS) is 12.2. The molecule has 0 fully saturated rings. The van der Waals surface area contributed by atoms with Crippen molar-refractivity contribution in [2.45, 2.75) is 26.8 Å². The molecule has 2 rings (SSSR count). The van der Waals surface area contributed by atoms with Gasteiger partial charge in [0.25, 0.3) is 0 Å². The maximum atomic E-state index is 9.86. The van der Waals surface area contributed by atoms with E-state index in [1.165, 1.54) is 17.2 Å². The van der Waals surface area contributed by atoms with E-state index in [9.17, 15) is 10.2 Å². The van der Waals surface area contributed by atoms with Gasteiger partial charge in [-0.2, -0.15) is 0 Å². The van der Waals surface area contributed by atoms with Gasteiger partial charge in [-0.15, -0.1) is 0 Å². The maximum Gasteiger partial charge on any atom is 0.124 e. The van der Waals surface area contributed by atoms with E-state index in [1.54, 1.807) is 12.1 Å². The lowest BCUT2D eigenvalue weighted by Gasteiger charge is -2.19. The molecule has 0 saturated heterocycles. The molecule has 100 valence electrons. The van der Waals surface area contributed by atoms with Gasteiger partial charge in [-0.05, 0) is 50.1 Å². The lowest BCUT2D eigenvalue weighted by Crippen LogP contribution is -2.08. The van der Waals surface area contributed by atoms with Crippen molar-refractivity contribution in [2.24, 2.45) is 0 Å². The van der Waals surface area contributed by atoms with Crippen molar-refractivity contribution in [3.05, 3.63) is 53.1 Å². The molecule has 0 aromatic heterocycles. The molecule has 0 amide bonds. The lowest BCUT2D eigenvalue weighted by molar-refractivity contribution is 0.444. The molecule has 3 heteroatoms. The summed E-state index contributed by atoms with van der Waals surface area (Å²) in [4.78, 5) is 0. The molecule has 19 heavy (non-hydrogen) atoms. The topological polar surface area (TPSA) is 52.5 Å². The summed E-state index contributed by atoms with van der Waals surface area (Å²) in [5.41, 5.74) is 4.25. The summed E-state index contributed by atoms with van der Waals surface area (Å²) >= 11 is 0. The molecule has 1 unspecified atom stereocenters. The van der Waals surface area contributed by atoms with Gasteiger partial charge in [0.15, 0.2) is 0 Å². The first-order valence-corrected chi connectivity index (χ1v) is 6.33. The van der Waals surface area contributed by atoms with Crippen LogP contribution < -0.4 is 5.32 Å². The molecule has 2 aromatic carbocycles. The Morgan fingerprint density at radius 3 is 2.47 bits per heavy atom. The summed E-state index contributed by atoms with van der Waals surface area (Å²) in [5, 5.41) is 22.6. The minimum Gasteiger partial charge on any atom is -0.508 e. The molecule has 0 saturated carbocycles. The largest absolute Gasteiger partial charge is 0.508 e. The van der Waals surface area contributed by atoms with Crippen LogP contribution in [0.3, 0.4) is 0 Å². The first kappa shape index (κ1) is 13.3. The Bertz CT molecular complexity index is 593. The second-order valence-electron chi connectivity index (χ2n) is 4.86. The van der Waals surface area contributed by atoms with Crippen molar-refractivity contribution in [1.82, 2.24) is 0 Å². The summed E-state index contributed by atoms with van der Waals surface area (Å²) in [6.45, 7) is 6.12. The van der Waals surface area contributed by atoms with E-state index in [2.05, 4.69) is 25.2 Å². The first-order chi connectivity index (χ1) is 8.99. The van der Waals surface area contributed by atoms with Crippen LogP contribution in [-0.4, -0.2) is 10.2 Å². The molecule has 0 aliphatic carbocycles. The monoisotopic (exact) mass is 257 g/mol. The van der Waals surface area contributed by atoms with Gasteiger partial charge in [0, 0.05) is 17.3 Å². The van der Waals surface area contributed by atoms with Crippen molar-refractivity contribution in [3.63, 3.8) is 0 Å². The van der Waals surface area contributed by atoms with E-state index in [0.717, 1.165) is 11.3 Å². The van der Waals surface area contributed by atoms with Crippen molar-refractivity contribution >= 4 is 5.69 Å². The van der Waals surface area contributed by atoms with Gasteiger partial charge in [0.05, 0.1) is 6.04 Å². The highest BCUT2D eigenvalue weighted by molar-refractivity contribution is 5.56. The summed E-state index contributed by atoms with van der Waals surface area (Å²) < 4.78 is 0. The average molecular weight is 257 g/mol. The highest BCUT2D eigenvalue weighted by Crippen LogP contribution is 2.31. The van der Waals surface area contributed by atoms with Crippen LogP contribution in [0.25, 0.3) is 0 Å². The van der Waals surface area contributed by atoms with Crippen molar-refractivity contribution in [1.29, 1.82) is 0 Å². The van der Waals surface area contributed by atoms with Gasteiger partial charge in [0.1, 0.15) is 11.5 Å². The minimum absolute atomic E-state index is 0.0406. The molecule has 1 atom stereocenters. The van der Waals surface area contributed by atoms with E-state index in [1.807, 2.05) is 19.1 Å². The SMILES string of the molecule is Cc1cccc(NC(C)c2ccc(O)cc2O)c1C. The highest BCUT2D eigenvalue weighted by atomic mass is 16.3. The Labute approximate surface area is 113 Å². The number of anilines is 1. The number of rotatable bonds is 3. The molecule has 2 aromatic rings. The minimum atomic E-state index is -0.0406. The molecule has 0 bridgehead atoms. The highest BCUT2D eigenvalue weighted by Gasteiger charge is 2.12. The second-order valence-corrected chi connectivity index (χ2v) is 4.86. The van der Waals surface area contributed by atoms with Crippen LogP contribution in [0.1, 0.15) is 29.7 Å². The number of aromatic hydroxyl groups is 2. The Hall–Kier alpha value is -2.16. The molecular formula is C16H19NO2. The van der Waals surface area contributed by atoms with E-state index in [-0.39, 0.29) is 17.5 Å². The standard InChI is InChI=1S/C16H19NO2/c1-10-5-4-6-15(11(10)2)17-12(3)14-8-7-13(18)9-16(14)19/h4-9,12,17-19H,1-3H3. The van der Waals surface area contributed by atoms with Gasteiger partial charge < -0.3 is 15.5 Å². The van der Waals surface area contributed by atoms with Crippen LogP contribution in [0.15, 0.2) is 36.4 Å². The van der Waals surface area contributed by atoms with Gasteiger partial charge in [-0.1, -0.05) is 12.1 Å². The van der Waals surface area contributed by atoms with Crippen LogP contribution >= 0.6 is 0 Å².